The van der Waals surface area contributed by atoms with Crippen LogP contribution in [0.2, 0.25) is 5.28 Å². The maximum atomic E-state index is 5.37. The second kappa shape index (κ2) is 6.75. The molecule has 0 N–H and O–H groups in total. The summed E-state index contributed by atoms with van der Waals surface area (Å²) in [5, 5.41) is 0.975. The van der Waals surface area contributed by atoms with E-state index in [1.807, 2.05) is 6.92 Å². The van der Waals surface area contributed by atoms with E-state index >= 15 is 0 Å². The van der Waals surface area contributed by atoms with Crippen molar-refractivity contribution in [3.8, 4) is 0 Å². The average Bonchev–Trinajstić information content (AvgIpc) is 1.38. The van der Waals surface area contributed by atoms with Crippen LogP contribution in [-0.2, 0) is 0 Å². The molecule has 0 rings (SSSR count). The van der Waals surface area contributed by atoms with Gasteiger partial charge in [0, 0.05) is 0 Å². The van der Waals surface area contributed by atoms with Gasteiger partial charge in [-0.25, -0.2) is 20.1 Å². The monoisotopic (exact) mass is 198 g/mol. The van der Waals surface area contributed by atoms with Crippen molar-refractivity contribution in [2.45, 2.75) is 12.2 Å². The van der Waals surface area contributed by atoms with E-state index in [0.29, 0.717) is 0 Å². The Kier molecular flexibility index (Phi) is 12.0. The van der Waals surface area contributed by atoms with Gasteiger partial charge in [0.15, 0.2) is 0 Å². The third-order valence-electron chi connectivity index (χ3n) is 0.309. The molecule has 0 bridgehead atoms. The molecule has 0 aromatic carbocycles. The molecule has 6 heavy (non-hydrogen) atoms. The molecule has 0 nitrogen and oxygen atoms in total. The van der Waals surface area contributed by atoms with Gasteiger partial charge in [-0.3, -0.25) is 0 Å². The van der Waals surface area contributed by atoms with Crippen LogP contribution < -0.4 is 0 Å². The Hall–Kier alpha value is 1.75. The van der Waals surface area contributed by atoms with Crippen molar-refractivity contribution in [1.82, 2.24) is 0 Å². The molecule has 4 heteroatoms. The molecule has 0 spiro atoms. The fraction of sp³-hybridized carbons (Fsp3) is 1.00. The Balaban J connectivity index is 0. The summed E-state index contributed by atoms with van der Waals surface area (Å²) < 4.78 is 0. The first-order valence-corrected chi connectivity index (χ1v) is 5.86. The Labute approximate surface area is 64.1 Å². The van der Waals surface area contributed by atoms with Crippen molar-refractivity contribution in [2.24, 2.45) is 0 Å². The zero-order valence-electron chi connectivity index (χ0n) is 3.04. The minimum absolute atomic E-state index is 0. The van der Waals surface area contributed by atoms with Crippen molar-refractivity contribution >= 4 is 52.2 Å². The SMILES string of the molecule is C[CH2][Al]([Cl])[Cl].[GaH3]. The molecular weight excluding hydrogens is 192 g/mol. The van der Waals surface area contributed by atoms with Gasteiger partial charge in [-0.2, -0.15) is 0 Å². The van der Waals surface area contributed by atoms with E-state index in [4.69, 9.17) is 20.1 Å². The minimum atomic E-state index is -1.21. The van der Waals surface area contributed by atoms with E-state index in [-0.39, 0.29) is 19.8 Å². The molecule has 0 saturated heterocycles. The summed E-state index contributed by atoms with van der Waals surface area (Å²) in [6, 6.07) is 0. The summed E-state index contributed by atoms with van der Waals surface area (Å²) in [6.45, 7) is 2.00. The van der Waals surface area contributed by atoms with Crippen LogP contribution in [-0.4, -0.2) is 32.1 Å². The molecule has 0 aliphatic carbocycles. The Morgan fingerprint density at radius 1 is 1.50 bits per heavy atom. The molecule has 0 radical (unpaired) electrons. The normalized spacial score (nSPS) is 6.50. The molecule has 0 amide bonds. The topological polar surface area (TPSA) is 0 Å². The van der Waals surface area contributed by atoms with Crippen molar-refractivity contribution in [3.05, 3.63) is 0 Å². The van der Waals surface area contributed by atoms with Gasteiger partial charge < -0.3 is 0 Å². The molecule has 0 saturated carbocycles. The van der Waals surface area contributed by atoms with Gasteiger partial charge in [-0.1, -0.05) is 12.2 Å². The number of halogens is 2. The molecule has 0 aromatic heterocycles. The number of rotatable bonds is 1. The van der Waals surface area contributed by atoms with E-state index in [9.17, 15) is 0 Å². The van der Waals surface area contributed by atoms with Crippen LogP contribution in [0.1, 0.15) is 6.92 Å². The first-order chi connectivity index (χ1) is 2.27. The van der Waals surface area contributed by atoms with E-state index in [2.05, 4.69) is 0 Å². The summed E-state index contributed by atoms with van der Waals surface area (Å²) in [7, 11) is 10.7. The summed E-state index contributed by atoms with van der Waals surface area (Å²) in [4.78, 5) is 0. The zero-order valence-corrected chi connectivity index (χ0v) is 5.71. The average molecular weight is 200 g/mol. The maximum absolute atomic E-state index is 5.37. The molecule has 0 aromatic rings. The van der Waals surface area contributed by atoms with Gasteiger partial charge in [-0.05, 0) is 0 Å². The van der Waals surface area contributed by atoms with Crippen LogP contribution >= 0.6 is 20.1 Å². The van der Waals surface area contributed by atoms with Crippen molar-refractivity contribution in [1.29, 1.82) is 0 Å². The van der Waals surface area contributed by atoms with Crippen LogP contribution in [0.5, 0.6) is 0 Å². The van der Waals surface area contributed by atoms with E-state index in [1.54, 1.807) is 0 Å². The van der Waals surface area contributed by atoms with Crippen LogP contribution in [0, 0.1) is 0 Å². The molecule has 0 atom stereocenters. The fourth-order valence-electron chi connectivity index (χ4n) is 0. The Morgan fingerprint density at radius 3 is 1.67 bits per heavy atom. The molecule has 36 valence electrons. The summed E-state index contributed by atoms with van der Waals surface area (Å²) >= 11 is -1.21. The predicted molar refractivity (Wildman–Crippen MR) is 37.9 cm³/mol. The van der Waals surface area contributed by atoms with Crippen molar-refractivity contribution in [2.75, 3.05) is 0 Å². The van der Waals surface area contributed by atoms with Gasteiger partial charge in [0.05, 0.1) is 0 Å². The van der Waals surface area contributed by atoms with Gasteiger partial charge in [0.25, 0.3) is 0 Å². The van der Waals surface area contributed by atoms with Gasteiger partial charge in [0.2, 0.25) is 0 Å². The first kappa shape index (κ1) is 10.7. The van der Waals surface area contributed by atoms with Gasteiger partial charge in [0.1, 0.15) is 0 Å². The standard InChI is InChI=1S/C2H5.Al.2ClH.Ga.3H/c1-2;;;;;;;/h1H2,2H3;;2*1H;;;;/q;+2;;;;;;/p-2. The molecule has 0 unspecified atom stereocenters. The van der Waals surface area contributed by atoms with Crippen LogP contribution in [0.15, 0.2) is 0 Å². The number of hydrogen-bond acceptors (Lipinski definition) is 0. The van der Waals surface area contributed by atoms with Crippen molar-refractivity contribution < 1.29 is 0 Å². The van der Waals surface area contributed by atoms with E-state index < -0.39 is 12.3 Å². The molecule has 0 fully saturated rings. The molecule has 0 aliphatic rings. The van der Waals surface area contributed by atoms with Crippen LogP contribution in [0.3, 0.4) is 0 Å². The van der Waals surface area contributed by atoms with Crippen molar-refractivity contribution in [3.63, 3.8) is 0 Å². The van der Waals surface area contributed by atoms with Gasteiger partial charge >= 0.3 is 32.1 Å². The van der Waals surface area contributed by atoms with E-state index in [0.717, 1.165) is 5.28 Å². The molecular formula is C2H8AlCl2Ga. The van der Waals surface area contributed by atoms with Crippen LogP contribution in [0.25, 0.3) is 0 Å². The number of hydrogen-bond donors (Lipinski definition) is 0. The summed E-state index contributed by atoms with van der Waals surface area (Å²) in [5.74, 6) is 0. The van der Waals surface area contributed by atoms with Gasteiger partial charge in [-0.15, -0.1) is 0 Å². The quantitative estimate of drug-likeness (QED) is 0.548. The fourth-order valence-corrected chi connectivity index (χ4v) is 0. The predicted octanol–water partition coefficient (Wildman–Crippen LogP) is 0.788. The zero-order chi connectivity index (χ0) is 4.28. The summed E-state index contributed by atoms with van der Waals surface area (Å²) in [5.41, 5.74) is 0. The Morgan fingerprint density at radius 2 is 1.67 bits per heavy atom. The van der Waals surface area contributed by atoms with Crippen LogP contribution in [0.4, 0.5) is 0 Å². The Bertz CT molecular complexity index is 25.5. The second-order valence-electron chi connectivity index (χ2n) is 0.799. The molecule has 0 aliphatic heterocycles. The summed E-state index contributed by atoms with van der Waals surface area (Å²) in [6.07, 6.45) is 0. The molecule has 0 heterocycles. The first-order valence-electron chi connectivity index (χ1n) is 1.55. The second-order valence-corrected chi connectivity index (χ2v) is 6.23. The van der Waals surface area contributed by atoms with E-state index in [1.165, 1.54) is 0 Å². The third-order valence-corrected chi connectivity index (χ3v) is 2.78. The third kappa shape index (κ3) is 9.22.